The minimum atomic E-state index is -0.580. The second-order valence-electron chi connectivity index (χ2n) is 7.09. The Kier molecular flexibility index (Phi) is 6.94. The molecule has 4 rings (SSSR count). The van der Waals surface area contributed by atoms with E-state index in [4.69, 9.17) is 13.9 Å². The number of nitrogens with zero attached hydrogens (tertiary/aromatic N) is 1. The first-order chi connectivity index (χ1) is 15.6. The fourth-order valence-corrected chi connectivity index (χ4v) is 4.03. The van der Waals surface area contributed by atoms with E-state index in [0.717, 1.165) is 10.9 Å². The molecule has 0 aliphatic heterocycles. The number of para-hydroxylation sites is 1. The van der Waals surface area contributed by atoms with Gasteiger partial charge in [-0.15, -0.1) is 11.3 Å². The number of benzene rings is 2. The van der Waals surface area contributed by atoms with Crippen molar-refractivity contribution in [3.8, 4) is 0 Å². The summed E-state index contributed by atoms with van der Waals surface area (Å²) in [6, 6.07) is 17.1. The predicted molar refractivity (Wildman–Crippen MR) is 120 cm³/mol. The van der Waals surface area contributed by atoms with Gasteiger partial charge in [-0.05, 0) is 11.6 Å². The Hall–Kier alpha value is -3.49. The number of rotatable bonds is 9. The average molecular weight is 451 g/mol. The predicted octanol–water partition coefficient (Wildman–Crippen LogP) is 4.25. The first-order valence-electron chi connectivity index (χ1n) is 10.0. The number of furan rings is 1. The SMILES string of the molecule is COCc1c(C(=O)OCc2csc(CC(=O)NCc3ccccc3)n2)oc2ccccc12. The van der Waals surface area contributed by atoms with Crippen molar-refractivity contribution in [3.63, 3.8) is 0 Å². The normalized spacial score (nSPS) is 10.9. The maximum atomic E-state index is 12.6. The highest BCUT2D eigenvalue weighted by molar-refractivity contribution is 7.09. The third-order valence-corrected chi connectivity index (χ3v) is 5.66. The van der Waals surface area contributed by atoms with Crippen LogP contribution in [0.4, 0.5) is 0 Å². The Morgan fingerprint density at radius 3 is 2.66 bits per heavy atom. The standard InChI is InChI=1S/C24H22N2O5S/c1-29-14-19-18-9-5-6-10-20(18)31-23(19)24(28)30-13-17-15-32-22(26-17)11-21(27)25-12-16-7-3-2-4-8-16/h2-10,15H,11-14H2,1H3,(H,25,27). The maximum absolute atomic E-state index is 12.6. The zero-order valence-corrected chi connectivity index (χ0v) is 18.3. The number of aromatic nitrogens is 1. The van der Waals surface area contributed by atoms with Gasteiger partial charge >= 0.3 is 5.97 Å². The smallest absolute Gasteiger partial charge is 0.375 e. The summed E-state index contributed by atoms with van der Waals surface area (Å²) in [6.45, 7) is 0.696. The number of nitrogens with one attached hydrogen (secondary N) is 1. The molecular formula is C24H22N2O5S. The van der Waals surface area contributed by atoms with Crippen LogP contribution < -0.4 is 5.32 Å². The number of fused-ring (bicyclic) bond motifs is 1. The number of hydrogen-bond donors (Lipinski definition) is 1. The number of esters is 1. The first-order valence-corrected chi connectivity index (χ1v) is 10.9. The first kappa shape index (κ1) is 21.7. The molecule has 0 saturated carbocycles. The molecule has 0 fully saturated rings. The van der Waals surface area contributed by atoms with Gasteiger partial charge in [0, 0.05) is 30.0 Å². The minimum Gasteiger partial charge on any atom is -0.453 e. The van der Waals surface area contributed by atoms with E-state index in [1.165, 1.54) is 11.3 Å². The molecule has 32 heavy (non-hydrogen) atoms. The van der Waals surface area contributed by atoms with Crippen LogP contribution in [0.15, 0.2) is 64.4 Å². The molecule has 0 aliphatic rings. The molecule has 8 heteroatoms. The summed E-state index contributed by atoms with van der Waals surface area (Å²) in [7, 11) is 1.56. The van der Waals surface area contributed by atoms with Gasteiger partial charge in [-0.1, -0.05) is 48.5 Å². The highest BCUT2D eigenvalue weighted by Crippen LogP contribution is 2.27. The van der Waals surface area contributed by atoms with Crippen molar-refractivity contribution >= 4 is 34.2 Å². The van der Waals surface area contributed by atoms with Crippen LogP contribution in [0.25, 0.3) is 11.0 Å². The zero-order chi connectivity index (χ0) is 22.3. The lowest BCUT2D eigenvalue weighted by Gasteiger charge is -2.04. The van der Waals surface area contributed by atoms with Gasteiger partial charge in [0.05, 0.1) is 18.7 Å². The highest BCUT2D eigenvalue weighted by Gasteiger charge is 2.22. The number of hydrogen-bond acceptors (Lipinski definition) is 7. The molecular weight excluding hydrogens is 428 g/mol. The summed E-state index contributed by atoms with van der Waals surface area (Å²) in [5.74, 6) is -0.564. The third-order valence-electron chi connectivity index (χ3n) is 4.77. The summed E-state index contributed by atoms with van der Waals surface area (Å²) >= 11 is 1.36. The highest BCUT2D eigenvalue weighted by atomic mass is 32.1. The lowest BCUT2D eigenvalue weighted by Crippen LogP contribution is -2.24. The fourth-order valence-electron chi connectivity index (χ4n) is 3.25. The monoisotopic (exact) mass is 450 g/mol. The van der Waals surface area contributed by atoms with Gasteiger partial charge < -0.3 is 19.2 Å². The Bertz CT molecular complexity index is 1220. The van der Waals surface area contributed by atoms with Crippen molar-refractivity contribution in [1.82, 2.24) is 10.3 Å². The van der Waals surface area contributed by atoms with Crippen molar-refractivity contribution < 1.29 is 23.5 Å². The van der Waals surface area contributed by atoms with E-state index in [1.807, 2.05) is 48.5 Å². The maximum Gasteiger partial charge on any atom is 0.375 e. The van der Waals surface area contributed by atoms with Crippen molar-refractivity contribution in [1.29, 1.82) is 0 Å². The molecule has 0 spiro atoms. The Labute approximate surface area is 189 Å². The van der Waals surface area contributed by atoms with Crippen molar-refractivity contribution in [3.05, 3.63) is 87.6 Å². The molecule has 1 N–H and O–H groups in total. The second-order valence-corrected chi connectivity index (χ2v) is 8.03. The van der Waals surface area contributed by atoms with Crippen LogP contribution in [-0.2, 0) is 40.4 Å². The summed E-state index contributed by atoms with van der Waals surface area (Å²) in [4.78, 5) is 29.2. The molecule has 0 unspecified atom stereocenters. The van der Waals surface area contributed by atoms with Crippen molar-refractivity contribution in [2.24, 2.45) is 0 Å². The van der Waals surface area contributed by atoms with Crippen LogP contribution in [0.5, 0.6) is 0 Å². The van der Waals surface area contributed by atoms with Crippen molar-refractivity contribution in [2.75, 3.05) is 7.11 Å². The molecule has 0 bridgehead atoms. The summed E-state index contributed by atoms with van der Waals surface area (Å²) in [5.41, 5.74) is 2.87. The lowest BCUT2D eigenvalue weighted by molar-refractivity contribution is -0.120. The minimum absolute atomic E-state index is 0.00949. The molecule has 0 saturated heterocycles. The third kappa shape index (κ3) is 5.22. The van der Waals surface area contributed by atoms with E-state index in [1.54, 1.807) is 18.6 Å². The molecule has 0 aliphatic carbocycles. The van der Waals surface area contributed by atoms with Crippen molar-refractivity contribution in [2.45, 2.75) is 26.2 Å². The second kappa shape index (κ2) is 10.2. The van der Waals surface area contributed by atoms with Crippen LogP contribution in [0, 0.1) is 0 Å². The molecule has 2 aromatic heterocycles. The van der Waals surface area contributed by atoms with Gasteiger partial charge in [0.2, 0.25) is 11.7 Å². The Morgan fingerprint density at radius 2 is 1.84 bits per heavy atom. The van der Waals surface area contributed by atoms with E-state index in [2.05, 4.69) is 10.3 Å². The topological polar surface area (TPSA) is 90.7 Å². The lowest BCUT2D eigenvalue weighted by atomic mass is 10.1. The van der Waals surface area contributed by atoms with Crippen LogP contribution in [0.1, 0.15) is 32.4 Å². The number of thiazole rings is 1. The summed E-state index contributed by atoms with van der Waals surface area (Å²) in [5, 5.41) is 6.13. The largest absolute Gasteiger partial charge is 0.453 e. The van der Waals surface area contributed by atoms with Crippen LogP contribution in [-0.4, -0.2) is 24.0 Å². The van der Waals surface area contributed by atoms with E-state index in [-0.39, 0.29) is 31.3 Å². The van der Waals surface area contributed by atoms with E-state index < -0.39 is 5.97 Å². The van der Waals surface area contributed by atoms with Gasteiger partial charge in [-0.2, -0.15) is 0 Å². The number of ether oxygens (including phenoxy) is 2. The van der Waals surface area contributed by atoms with Gasteiger partial charge in [-0.25, -0.2) is 9.78 Å². The fraction of sp³-hybridized carbons (Fsp3) is 0.208. The van der Waals surface area contributed by atoms with E-state index in [0.29, 0.717) is 28.4 Å². The van der Waals surface area contributed by atoms with Gasteiger partial charge in [0.15, 0.2) is 0 Å². The molecule has 2 aromatic carbocycles. The molecule has 1 amide bonds. The number of methoxy groups -OCH3 is 1. The van der Waals surface area contributed by atoms with Gasteiger partial charge in [0.1, 0.15) is 17.2 Å². The Balaban J connectivity index is 1.33. The zero-order valence-electron chi connectivity index (χ0n) is 17.5. The van der Waals surface area contributed by atoms with Crippen LogP contribution in [0.3, 0.4) is 0 Å². The average Bonchev–Trinajstić information content (AvgIpc) is 3.42. The van der Waals surface area contributed by atoms with Gasteiger partial charge in [0.25, 0.3) is 0 Å². The number of carbonyl (C=O) groups excluding carboxylic acids is 2. The molecule has 4 aromatic rings. The number of amides is 1. The molecule has 7 nitrogen and oxygen atoms in total. The van der Waals surface area contributed by atoms with Gasteiger partial charge in [-0.3, -0.25) is 4.79 Å². The van der Waals surface area contributed by atoms with Crippen LogP contribution in [0.2, 0.25) is 0 Å². The molecule has 2 heterocycles. The Morgan fingerprint density at radius 1 is 1.06 bits per heavy atom. The number of carbonyl (C=O) groups is 2. The summed E-state index contributed by atoms with van der Waals surface area (Å²) < 4.78 is 16.3. The van der Waals surface area contributed by atoms with E-state index >= 15 is 0 Å². The molecule has 0 atom stereocenters. The van der Waals surface area contributed by atoms with E-state index in [9.17, 15) is 9.59 Å². The summed E-state index contributed by atoms with van der Waals surface area (Å²) in [6.07, 6.45) is 0.174. The molecule has 0 radical (unpaired) electrons. The quantitative estimate of drug-likeness (QED) is 0.383. The molecule has 164 valence electrons. The van der Waals surface area contributed by atoms with Crippen LogP contribution >= 0.6 is 11.3 Å².